The molecule has 2 rings (SSSR count). The Morgan fingerprint density at radius 1 is 1.28 bits per heavy atom. The Morgan fingerprint density at radius 3 is 2.68 bits per heavy atom. The number of aromatic nitrogens is 2. The molecule has 2 heterocycles. The lowest BCUT2D eigenvalue weighted by Gasteiger charge is -2.14. The van der Waals surface area contributed by atoms with Crippen LogP contribution in [0.4, 0.5) is 28.0 Å². The highest BCUT2D eigenvalue weighted by atomic mass is 19.4. The van der Waals surface area contributed by atoms with E-state index < -0.39 is 29.5 Å². The van der Waals surface area contributed by atoms with Gasteiger partial charge in [0, 0.05) is 11.8 Å². The van der Waals surface area contributed by atoms with Crippen molar-refractivity contribution in [3.63, 3.8) is 0 Å². The summed E-state index contributed by atoms with van der Waals surface area (Å²) in [6.45, 7) is 1.98. The minimum absolute atomic E-state index is 0.0857. The predicted octanol–water partition coefficient (Wildman–Crippen LogP) is 4.65. The Balaban J connectivity index is 2.30. The van der Waals surface area contributed by atoms with E-state index in [-0.39, 0.29) is 17.9 Å². The predicted molar refractivity (Wildman–Crippen MR) is 82.3 cm³/mol. The number of alkyl halides is 3. The SMILES string of the molecule is CCCCOC(=O)Nc1ccc(-c2cncc(F)c2)nc1C(F)(F)F. The van der Waals surface area contributed by atoms with E-state index in [2.05, 4.69) is 9.97 Å². The second-order valence-corrected chi connectivity index (χ2v) is 5.10. The minimum atomic E-state index is -4.82. The summed E-state index contributed by atoms with van der Waals surface area (Å²) in [5.41, 5.74) is -1.88. The molecule has 0 aliphatic rings. The number of pyridine rings is 2. The number of rotatable bonds is 5. The zero-order valence-electron chi connectivity index (χ0n) is 13.2. The molecule has 0 saturated heterocycles. The monoisotopic (exact) mass is 357 g/mol. The number of halogens is 4. The average molecular weight is 357 g/mol. The standard InChI is InChI=1S/C16H15F4N3O2/c1-2-3-6-25-15(24)23-13-5-4-12(22-14(13)16(18,19)20)10-7-11(17)9-21-8-10/h4-5,7-9H,2-3,6H2,1H3,(H,23,24). The quantitative estimate of drug-likeness (QED) is 0.625. The molecule has 0 aromatic carbocycles. The van der Waals surface area contributed by atoms with Crippen LogP contribution in [0.5, 0.6) is 0 Å². The zero-order chi connectivity index (χ0) is 18.4. The van der Waals surface area contributed by atoms with Crippen molar-refractivity contribution in [3.05, 3.63) is 42.1 Å². The van der Waals surface area contributed by atoms with Gasteiger partial charge in [-0.1, -0.05) is 13.3 Å². The molecular formula is C16H15F4N3O2. The number of amides is 1. The summed E-state index contributed by atoms with van der Waals surface area (Å²) in [6, 6.07) is 3.28. The first-order valence-electron chi connectivity index (χ1n) is 7.44. The fourth-order valence-corrected chi connectivity index (χ4v) is 1.94. The highest BCUT2D eigenvalue weighted by Crippen LogP contribution is 2.35. The van der Waals surface area contributed by atoms with Crippen LogP contribution in [0.3, 0.4) is 0 Å². The first-order valence-corrected chi connectivity index (χ1v) is 7.44. The van der Waals surface area contributed by atoms with Crippen molar-refractivity contribution in [2.45, 2.75) is 25.9 Å². The second-order valence-electron chi connectivity index (χ2n) is 5.10. The lowest BCUT2D eigenvalue weighted by Crippen LogP contribution is -2.19. The van der Waals surface area contributed by atoms with Crippen molar-refractivity contribution in [2.75, 3.05) is 11.9 Å². The highest BCUT2D eigenvalue weighted by molar-refractivity contribution is 5.85. The molecule has 2 aromatic rings. The Kier molecular flexibility index (Phi) is 5.89. The third kappa shape index (κ3) is 5.13. The molecule has 0 atom stereocenters. The van der Waals surface area contributed by atoms with E-state index in [0.717, 1.165) is 24.8 Å². The third-order valence-corrected chi connectivity index (χ3v) is 3.13. The molecule has 0 unspecified atom stereocenters. The average Bonchev–Trinajstić information content (AvgIpc) is 2.54. The van der Waals surface area contributed by atoms with E-state index in [0.29, 0.717) is 6.42 Å². The summed E-state index contributed by atoms with van der Waals surface area (Å²) >= 11 is 0. The van der Waals surface area contributed by atoms with Gasteiger partial charge in [0.1, 0.15) is 5.82 Å². The fraction of sp³-hybridized carbons (Fsp3) is 0.312. The van der Waals surface area contributed by atoms with E-state index in [4.69, 9.17) is 4.74 Å². The summed E-state index contributed by atoms with van der Waals surface area (Å²) in [5, 5.41) is 2.03. The normalized spacial score (nSPS) is 11.2. The van der Waals surface area contributed by atoms with Crippen LogP contribution in [0.1, 0.15) is 25.5 Å². The van der Waals surface area contributed by atoms with Gasteiger partial charge in [0.2, 0.25) is 0 Å². The molecule has 25 heavy (non-hydrogen) atoms. The van der Waals surface area contributed by atoms with Crippen LogP contribution in [0, 0.1) is 5.82 Å². The van der Waals surface area contributed by atoms with Crippen molar-refractivity contribution >= 4 is 11.8 Å². The van der Waals surface area contributed by atoms with Gasteiger partial charge in [0.25, 0.3) is 0 Å². The molecule has 1 N–H and O–H groups in total. The fourth-order valence-electron chi connectivity index (χ4n) is 1.94. The van der Waals surface area contributed by atoms with Gasteiger partial charge < -0.3 is 4.74 Å². The van der Waals surface area contributed by atoms with Crippen LogP contribution in [-0.2, 0) is 10.9 Å². The van der Waals surface area contributed by atoms with Crippen LogP contribution in [0.2, 0.25) is 0 Å². The summed E-state index contributed by atoms with van der Waals surface area (Å²) in [4.78, 5) is 18.7. The molecule has 5 nitrogen and oxygen atoms in total. The Hall–Kier alpha value is -2.71. The largest absolute Gasteiger partial charge is 0.449 e. The van der Waals surface area contributed by atoms with Crippen LogP contribution < -0.4 is 5.32 Å². The molecule has 0 fully saturated rings. The van der Waals surface area contributed by atoms with Crippen molar-refractivity contribution in [2.24, 2.45) is 0 Å². The van der Waals surface area contributed by atoms with Crippen molar-refractivity contribution in [1.82, 2.24) is 9.97 Å². The van der Waals surface area contributed by atoms with Gasteiger partial charge in [-0.05, 0) is 24.6 Å². The van der Waals surface area contributed by atoms with Crippen molar-refractivity contribution < 1.29 is 27.1 Å². The topological polar surface area (TPSA) is 64.1 Å². The Bertz CT molecular complexity index is 750. The lowest BCUT2D eigenvalue weighted by atomic mass is 10.1. The van der Waals surface area contributed by atoms with Gasteiger partial charge in [-0.15, -0.1) is 0 Å². The molecule has 1 amide bonds. The molecule has 9 heteroatoms. The van der Waals surface area contributed by atoms with Gasteiger partial charge in [0.15, 0.2) is 5.69 Å². The molecule has 2 aromatic heterocycles. The number of unbranched alkanes of at least 4 members (excludes halogenated alkanes) is 1. The molecule has 0 spiro atoms. The van der Waals surface area contributed by atoms with Crippen LogP contribution >= 0.6 is 0 Å². The summed E-state index contributed by atoms with van der Waals surface area (Å²) in [5.74, 6) is -0.699. The molecule has 0 bridgehead atoms. The molecule has 0 aliphatic heterocycles. The van der Waals surface area contributed by atoms with Crippen molar-refractivity contribution in [3.8, 4) is 11.3 Å². The van der Waals surface area contributed by atoms with Gasteiger partial charge in [-0.3, -0.25) is 10.3 Å². The van der Waals surface area contributed by atoms with Gasteiger partial charge in [0.05, 0.1) is 24.2 Å². The number of nitrogens with zero attached hydrogens (tertiary/aromatic N) is 2. The van der Waals surface area contributed by atoms with Gasteiger partial charge >= 0.3 is 12.3 Å². The first-order chi connectivity index (χ1) is 11.8. The maximum absolute atomic E-state index is 13.2. The van der Waals surface area contributed by atoms with E-state index >= 15 is 0 Å². The molecular weight excluding hydrogens is 342 g/mol. The third-order valence-electron chi connectivity index (χ3n) is 3.13. The van der Waals surface area contributed by atoms with Crippen molar-refractivity contribution in [1.29, 1.82) is 0 Å². The molecule has 0 radical (unpaired) electrons. The number of hydrogen-bond acceptors (Lipinski definition) is 4. The smallest absolute Gasteiger partial charge is 0.435 e. The number of anilines is 1. The number of ether oxygens (including phenoxy) is 1. The van der Waals surface area contributed by atoms with Crippen LogP contribution in [0.25, 0.3) is 11.3 Å². The molecule has 134 valence electrons. The van der Waals surface area contributed by atoms with E-state index in [1.165, 1.54) is 12.3 Å². The summed E-state index contributed by atoms with van der Waals surface area (Å²) in [6.07, 6.45) is -2.32. The van der Waals surface area contributed by atoms with Gasteiger partial charge in [-0.2, -0.15) is 13.2 Å². The van der Waals surface area contributed by atoms with Crippen LogP contribution in [-0.4, -0.2) is 22.7 Å². The molecule has 0 saturated carbocycles. The number of carbonyl (C=O) groups excluding carboxylic acids is 1. The lowest BCUT2D eigenvalue weighted by molar-refractivity contribution is -0.140. The number of nitrogens with one attached hydrogen (secondary N) is 1. The Morgan fingerprint density at radius 2 is 2.04 bits per heavy atom. The van der Waals surface area contributed by atoms with E-state index in [9.17, 15) is 22.4 Å². The summed E-state index contributed by atoms with van der Waals surface area (Å²) < 4.78 is 57.7. The first kappa shape index (κ1) is 18.6. The highest BCUT2D eigenvalue weighted by Gasteiger charge is 2.36. The summed E-state index contributed by atoms with van der Waals surface area (Å²) in [7, 11) is 0. The minimum Gasteiger partial charge on any atom is -0.449 e. The van der Waals surface area contributed by atoms with E-state index in [1.54, 1.807) is 0 Å². The van der Waals surface area contributed by atoms with E-state index in [1.807, 2.05) is 12.2 Å². The second kappa shape index (κ2) is 7.91. The zero-order valence-corrected chi connectivity index (χ0v) is 13.2. The van der Waals surface area contributed by atoms with Crippen LogP contribution in [0.15, 0.2) is 30.6 Å². The Labute approximate surface area is 141 Å². The maximum atomic E-state index is 13.2. The molecule has 0 aliphatic carbocycles. The maximum Gasteiger partial charge on any atom is 0.435 e. The number of hydrogen-bond donors (Lipinski definition) is 1. The number of carbonyl (C=O) groups is 1. The van der Waals surface area contributed by atoms with Gasteiger partial charge in [-0.25, -0.2) is 14.2 Å².